The second-order valence-corrected chi connectivity index (χ2v) is 10.2. The Bertz CT molecular complexity index is 1160. The number of halogens is 1. The molecule has 1 aromatic heterocycles. The summed E-state index contributed by atoms with van der Waals surface area (Å²) in [6, 6.07) is 5.05. The first-order chi connectivity index (χ1) is 18.0. The molecular weight excluding hydrogens is 491 g/mol. The van der Waals surface area contributed by atoms with Crippen molar-refractivity contribution in [2.24, 2.45) is 11.8 Å². The summed E-state index contributed by atoms with van der Waals surface area (Å²) in [5.41, 5.74) is 1.51. The number of aromatic nitrogens is 1. The predicted molar refractivity (Wildman–Crippen MR) is 140 cm³/mol. The van der Waals surface area contributed by atoms with Crippen LogP contribution in [0.2, 0.25) is 0 Å². The number of nitrogens with zero attached hydrogens (tertiary/aromatic N) is 1. The molecule has 2 aromatic rings. The monoisotopic (exact) mass is 528 g/mol. The van der Waals surface area contributed by atoms with Gasteiger partial charge in [0.2, 0.25) is 5.75 Å². The molecule has 1 saturated carbocycles. The number of benzene rings is 1. The van der Waals surface area contributed by atoms with E-state index in [4.69, 9.17) is 14.2 Å². The number of ether oxygens (including phenoxy) is 3. The van der Waals surface area contributed by atoms with Crippen molar-refractivity contribution in [3.05, 3.63) is 53.1 Å². The number of esters is 2. The van der Waals surface area contributed by atoms with Crippen molar-refractivity contribution >= 4 is 17.8 Å². The van der Waals surface area contributed by atoms with Gasteiger partial charge in [-0.15, -0.1) is 0 Å². The largest absolute Gasteiger partial charge is 0.493 e. The third kappa shape index (κ3) is 6.88. The van der Waals surface area contributed by atoms with E-state index < -0.39 is 30.0 Å². The Kier molecular flexibility index (Phi) is 9.83. The third-order valence-corrected chi connectivity index (χ3v) is 7.01. The molecule has 0 spiro atoms. The Hall–Kier alpha value is -3.49. The maximum absolute atomic E-state index is 13.6. The Labute approximate surface area is 223 Å². The van der Waals surface area contributed by atoms with E-state index >= 15 is 0 Å². The molecule has 1 heterocycles. The van der Waals surface area contributed by atoms with E-state index in [0.29, 0.717) is 0 Å². The Morgan fingerprint density at radius 2 is 1.76 bits per heavy atom. The summed E-state index contributed by atoms with van der Waals surface area (Å²) in [5, 5.41) is 2.59. The van der Waals surface area contributed by atoms with Gasteiger partial charge in [-0.05, 0) is 62.8 Å². The lowest BCUT2D eigenvalue weighted by Gasteiger charge is -2.30. The Morgan fingerprint density at radius 1 is 1.08 bits per heavy atom. The highest BCUT2D eigenvalue weighted by atomic mass is 19.1. The fourth-order valence-electron chi connectivity index (χ4n) is 5.05. The van der Waals surface area contributed by atoms with Gasteiger partial charge in [0, 0.05) is 18.2 Å². The number of methoxy groups -OCH3 is 1. The summed E-state index contributed by atoms with van der Waals surface area (Å²) in [4.78, 5) is 42.8. The molecule has 1 amide bonds. The fraction of sp³-hybridized carbons (Fsp3) is 0.517. The summed E-state index contributed by atoms with van der Waals surface area (Å²) >= 11 is 0. The van der Waals surface area contributed by atoms with Gasteiger partial charge in [0.1, 0.15) is 18.0 Å². The first-order valence-electron chi connectivity index (χ1n) is 13.1. The van der Waals surface area contributed by atoms with Gasteiger partial charge in [-0.3, -0.25) is 9.59 Å². The lowest BCUT2D eigenvalue weighted by Crippen LogP contribution is -2.42. The zero-order valence-electron chi connectivity index (χ0n) is 22.9. The van der Waals surface area contributed by atoms with E-state index in [1.165, 1.54) is 38.4 Å². The first-order valence-corrected chi connectivity index (χ1v) is 13.1. The van der Waals surface area contributed by atoms with Crippen LogP contribution < -0.4 is 14.8 Å². The van der Waals surface area contributed by atoms with Crippen LogP contribution in [0.4, 0.5) is 4.39 Å². The third-order valence-electron chi connectivity index (χ3n) is 7.01. The van der Waals surface area contributed by atoms with E-state index in [0.717, 1.165) is 36.8 Å². The van der Waals surface area contributed by atoms with Gasteiger partial charge in [-0.2, -0.15) is 0 Å². The highest BCUT2D eigenvalue weighted by molar-refractivity contribution is 5.98. The molecule has 1 fully saturated rings. The molecule has 0 radical (unpaired) electrons. The van der Waals surface area contributed by atoms with Crippen molar-refractivity contribution in [1.29, 1.82) is 0 Å². The summed E-state index contributed by atoms with van der Waals surface area (Å²) in [6.07, 6.45) is 4.20. The number of rotatable bonds is 10. The van der Waals surface area contributed by atoms with Crippen molar-refractivity contribution in [3.63, 3.8) is 0 Å². The van der Waals surface area contributed by atoms with Crippen molar-refractivity contribution < 1.29 is 33.0 Å². The van der Waals surface area contributed by atoms with Gasteiger partial charge in [-0.1, -0.05) is 32.8 Å². The zero-order valence-corrected chi connectivity index (χ0v) is 22.9. The van der Waals surface area contributed by atoms with Crippen LogP contribution in [0.15, 0.2) is 30.5 Å². The van der Waals surface area contributed by atoms with Crippen molar-refractivity contribution in [2.45, 2.75) is 78.4 Å². The molecule has 1 N–H and O–H groups in total. The van der Waals surface area contributed by atoms with Crippen LogP contribution in [0.3, 0.4) is 0 Å². The number of aryl methyl sites for hydroxylation is 1. The van der Waals surface area contributed by atoms with Crippen LogP contribution in [0.5, 0.6) is 11.5 Å². The molecule has 0 unspecified atom stereocenters. The SMILES string of the molecule is COc1ccnc(C(=O)N[C@@H](C)C(=O)O[C@@H](C)[C@H](c2ccc(F)cc2C)C(C)C)c1OC(=O)C1CCCC1. The first kappa shape index (κ1) is 29.1. The molecule has 1 aliphatic rings. The normalized spacial score (nSPS) is 16.0. The lowest BCUT2D eigenvalue weighted by molar-refractivity contribution is -0.151. The number of nitrogens with one attached hydrogen (secondary N) is 1. The second kappa shape index (κ2) is 12.8. The number of pyridine rings is 1. The number of hydrogen-bond acceptors (Lipinski definition) is 7. The van der Waals surface area contributed by atoms with Gasteiger partial charge >= 0.3 is 11.9 Å². The minimum Gasteiger partial charge on any atom is -0.493 e. The molecule has 3 atom stereocenters. The molecule has 0 saturated heterocycles. The average molecular weight is 529 g/mol. The van der Waals surface area contributed by atoms with E-state index in [9.17, 15) is 18.8 Å². The number of carbonyl (C=O) groups is 3. The molecule has 8 nitrogen and oxygen atoms in total. The molecule has 206 valence electrons. The smallest absolute Gasteiger partial charge is 0.328 e. The molecule has 0 aliphatic heterocycles. The second-order valence-electron chi connectivity index (χ2n) is 10.2. The van der Waals surface area contributed by atoms with Crippen LogP contribution in [0, 0.1) is 24.6 Å². The summed E-state index contributed by atoms with van der Waals surface area (Å²) < 4.78 is 30.3. The van der Waals surface area contributed by atoms with Gasteiger partial charge < -0.3 is 19.5 Å². The summed E-state index contributed by atoms with van der Waals surface area (Å²) in [5.74, 6) is -2.29. The molecule has 38 heavy (non-hydrogen) atoms. The fourth-order valence-corrected chi connectivity index (χ4v) is 5.05. The molecular formula is C29H37FN2O6. The minimum atomic E-state index is -1.02. The number of amides is 1. The Balaban J connectivity index is 1.72. The van der Waals surface area contributed by atoms with E-state index in [2.05, 4.69) is 10.3 Å². The van der Waals surface area contributed by atoms with Crippen molar-refractivity contribution in [2.75, 3.05) is 7.11 Å². The topological polar surface area (TPSA) is 104 Å². The number of carbonyl (C=O) groups excluding carboxylic acids is 3. The van der Waals surface area contributed by atoms with Crippen molar-refractivity contribution in [1.82, 2.24) is 10.3 Å². The molecule has 1 aliphatic carbocycles. The van der Waals surface area contributed by atoms with Gasteiger partial charge in [-0.25, -0.2) is 14.2 Å². The molecule has 9 heteroatoms. The van der Waals surface area contributed by atoms with Gasteiger partial charge in [0.05, 0.1) is 13.0 Å². The summed E-state index contributed by atoms with van der Waals surface area (Å²) in [7, 11) is 1.40. The maximum Gasteiger partial charge on any atom is 0.328 e. The minimum absolute atomic E-state index is 0.0787. The van der Waals surface area contributed by atoms with Gasteiger partial charge in [0.25, 0.3) is 5.91 Å². The molecule has 3 rings (SSSR count). The standard InChI is InChI=1S/C29H37FN2O6/c1-16(2)24(22-12-11-21(30)15-17(22)3)19(5)37-28(34)18(4)32-27(33)25-26(23(36-6)13-14-31-25)38-29(35)20-9-7-8-10-20/h11-16,18-20,24H,7-10H2,1-6H3,(H,32,33)/t18-,19-,24+/m0/s1. The van der Waals surface area contributed by atoms with Crippen molar-refractivity contribution in [3.8, 4) is 11.5 Å². The lowest BCUT2D eigenvalue weighted by atomic mass is 9.82. The number of hydrogen-bond donors (Lipinski definition) is 1. The van der Waals surface area contributed by atoms with Gasteiger partial charge in [0.15, 0.2) is 11.4 Å². The average Bonchev–Trinajstić information content (AvgIpc) is 3.40. The quantitative estimate of drug-likeness (QED) is 0.427. The van der Waals surface area contributed by atoms with Crippen LogP contribution >= 0.6 is 0 Å². The van der Waals surface area contributed by atoms with E-state index in [1.807, 2.05) is 20.8 Å². The molecule has 0 bridgehead atoms. The van der Waals surface area contributed by atoms with Crippen LogP contribution in [-0.2, 0) is 14.3 Å². The van der Waals surface area contributed by atoms with Crippen LogP contribution in [0.25, 0.3) is 0 Å². The molecule has 1 aromatic carbocycles. The van der Waals surface area contributed by atoms with E-state index in [-0.39, 0.29) is 40.8 Å². The highest BCUT2D eigenvalue weighted by Gasteiger charge is 2.32. The summed E-state index contributed by atoms with van der Waals surface area (Å²) in [6.45, 7) is 9.12. The Morgan fingerprint density at radius 3 is 2.37 bits per heavy atom. The highest BCUT2D eigenvalue weighted by Crippen LogP contribution is 2.34. The van der Waals surface area contributed by atoms with E-state index in [1.54, 1.807) is 13.0 Å². The predicted octanol–water partition coefficient (Wildman–Crippen LogP) is 5.12. The van der Waals surface area contributed by atoms with Crippen LogP contribution in [-0.4, -0.2) is 42.1 Å². The van der Waals surface area contributed by atoms with Crippen LogP contribution in [0.1, 0.15) is 80.9 Å². The maximum atomic E-state index is 13.6. The zero-order chi connectivity index (χ0) is 28.0.